The number of benzene rings is 1. The van der Waals surface area contributed by atoms with E-state index < -0.39 is 0 Å². The zero-order valence-electron chi connectivity index (χ0n) is 12.8. The van der Waals surface area contributed by atoms with E-state index in [1.165, 1.54) is 41.6 Å². The first-order valence-electron chi connectivity index (χ1n) is 7.64. The molecular weight excluding hydrogens is 262 g/mol. The number of methoxy groups -OCH3 is 1. The van der Waals surface area contributed by atoms with Gasteiger partial charge in [-0.05, 0) is 60.9 Å². The highest BCUT2D eigenvalue weighted by Crippen LogP contribution is 2.33. The minimum atomic E-state index is 0.600. The number of nitrogens with zero attached hydrogens (tertiary/aromatic N) is 1. The van der Waals surface area contributed by atoms with Crippen LogP contribution in [0.4, 0.5) is 0 Å². The van der Waals surface area contributed by atoms with Crippen molar-refractivity contribution < 1.29 is 4.74 Å². The van der Waals surface area contributed by atoms with Crippen LogP contribution in [0.3, 0.4) is 0 Å². The molecule has 1 aliphatic rings. The SMILES string of the molecule is COc1ccc2c(c1)CCCC2CNCc1[nH]ncc1C. The van der Waals surface area contributed by atoms with E-state index in [-0.39, 0.29) is 0 Å². The quantitative estimate of drug-likeness (QED) is 0.888. The number of aromatic nitrogens is 2. The number of fused-ring (bicyclic) bond motifs is 1. The van der Waals surface area contributed by atoms with Gasteiger partial charge < -0.3 is 10.1 Å². The summed E-state index contributed by atoms with van der Waals surface area (Å²) in [6.45, 7) is 3.95. The largest absolute Gasteiger partial charge is 0.497 e. The lowest BCUT2D eigenvalue weighted by atomic mass is 9.82. The van der Waals surface area contributed by atoms with Crippen molar-refractivity contribution in [2.75, 3.05) is 13.7 Å². The summed E-state index contributed by atoms with van der Waals surface area (Å²) >= 11 is 0. The molecule has 0 saturated heterocycles. The minimum absolute atomic E-state index is 0.600. The topological polar surface area (TPSA) is 49.9 Å². The maximum atomic E-state index is 5.33. The lowest BCUT2D eigenvalue weighted by molar-refractivity contribution is 0.412. The third kappa shape index (κ3) is 3.10. The Hall–Kier alpha value is -1.81. The number of ether oxygens (including phenoxy) is 1. The van der Waals surface area contributed by atoms with Crippen LogP contribution < -0.4 is 10.1 Å². The van der Waals surface area contributed by atoms with Crippen LogP contribution in [0.1, 0.15) is 41.1 Å². The summed E-state index contributed by atoms with van der Waals surface area (Å²) < 4.78 is 5.33. The Bertz CT molecular complexity index is 606. The molecule has 1 atom stereocenters. The highest BCUT2D eigenvalue weighted by molar-refractivity contribution is 5.39. The van der Waals surface area contributed by atoms with Crippen molar-refractivity contribution in [3.05, 3.63) is 46.8 Å². The molecule has 0 aliphatic heterocycles. The van der Waals surface area contributed by atoms with Gasteiger partial charge in [-0.15, -0.1) is 0 Å². The van der Waals surface area contributed by atoms with Gasteiger partial charge in [0.25, 0.3) is 0 Å². The van der Waals surface area contributed by atoms with Crippen LogP contribution in [0.25, 0.3) is 0 Å². The van der Waals surface area contributed by atoms with Gasteiger partial charge in [0.05, 0.1) is 19.0 Å². The Morgan fingerprint density at radius 1 is 1.43 bits per heavy atom. The van der Waals surface area contributed by atoms with Crippen LogP contribution in [-0.4, -0.2) is 23.9 Å². The molecule has 1 unspecified atom stereocenters. The predicted molar refractivity (Wildman–Crippen MR) is 83.7 cm³/mol. The molecule has 3 rings (SSSR count). The van der Waals surface area contributed by atoms with Crippen LogP contribution in [0, 0.1) is 6.92 Å². The number of nitrogens with one attached hydrogen (secondary N) is 2. The fourth-order valence-corrected chi connectivity index (χ4v) is 3.15. The number of aromatic amines is 1. The Balaban J connectivity index is 1.64. The van der Waals surface area contributed by atoms with Crippen molar-refractivity contribution in [2.45, 2.75) is 38.6 Å². The highest BCUT2D eigenvalue weighted by atomic mass is 16.5. The molecule has 4 heteroatoms. The first-order valence-corrected chi connectivity index (χ1v) is 7.64. The van der Waals surface area contributed by atoms with Crippen LogP contribution in [0.2, 0.25) is 0 Å². The lowest BCUT2D eigenvalue weighted by Crippen LogP contribution is -2.24. The standard InChI is InChI=1S/C17H23N3O/c1-12-9-19-20-17(12)11-18-10-14-5-3-4-13-8-15(21-2)6-7-16(13)14/h6-9,14,18H,3-5,10-11H2,1-2H3,(H,19,20). The molecule has 1 aromatic carbocycles. The summed E-state index contributed by atoms with van der Waals surface area (Å²) in [7, 11) is 1.73. The summed E-state index contributed by atoms with van der Waals surface area (Å²) in [5, 5.41) is 10.7. The van der Waals surface area contributed by atoms with Crippen LogP contribution in [0.5, 0.6) is 5.75 Å². The Labute approximate surface area is 125 Å². The monoisotopic (exact) mass is 285 g/mol. The van der Waals surface area contributed by atoms with Crippen LogP contribution in [0.15, 0.2) is 24.4 Å². The third-order valence-electron chi connectivity index (χ3n) is 4.41. The molecule has 1 aliphatic carbocycles. The average Bonchev–Trinajstić information content (AvgIpc) is 2.92. The molecule has 112 valence electrons. The van der Waals surface area contributed by atoms with Crippen LogP contribution in [-0.2, 0) is 13.0 Å². The van der Waals surface area contributed by atoms with Gasteiger partial charge >= 0.3 is 0 Å². The summed E-state index contributed by atoms with van der Waals surface area (Å²) in [5.74, 6) is 1.57. The van der Waals surface area contributed by atoms with Crippen molar-refractivity contribution in [1.29, 1.82) is 0 Å². The second kappa shape index (κ2) is 6.31. The average molecular weight is 285 g/mol. The van der Waals surface area contributed by atoms with Crippen molar-refractivity contribution in [3.63, 3.8) is 0 Å². The molecule has 1 heterocycles. The first kappa shape index (κ1) is 14.1. The van der Waals surface area contributed by atoms with E-state index in [4.69, 9.17) is 4.74 Å². The lowest BCUT2D eigenvalue weighted by Gasteiger charge is -2.26. The molecule has 4 nitrogen and oxygen atoms in total. The number of H-pyrrole nitrogens is 1. The fraction of sp³-hybridized carbons (Fsp3) is 0.471. The minimum Gasteiger partial charge on any atom is -0.497 e. The molecule has 21 heavy (non-hydrogen) atoms. The molecule has 0 spiro atoms. The summed E-state index contributed by atoms with van der Waals surface area (Å²) in [5.41, 5.74) is 5.33. The summed E-state index contributed by atoms with van der Waals surface area (Å²) in [4.78, 5) is 0. The van der Waals surface area contributed by atoms with E-state index in [0.29, 0.717) is 5.92 Å². The van der Waals surface area contributed by atoms with Crippen molar-refractivity contribution in [3.8, 4) is 5.75 Å². The highest BCUT2D eigenvalue weighted by Gasteiger charge is 2.20. The Morgan fingerprint density at radius 2 is 2.33 bits per heavy atom. The number of hydrogen-bond donors (Lipinski definition) is 2. The van der Waals surface area contributed by atoms with Crippen molar-refractivity contribution in [2.24, 2.45) is 0 Å². The first-order chi connectivity index (χ1) is 10.3. The molecule has 2 aromatic rings. The van der Waals surface area contributed by atoms with Gasteiger partial charge in [0.15, 0.2) is 0 Å². The second-order valence-corrected chi connectivity index (χ2v) is 5.82. The molecule has 1 aromatic heterocycles. The van der Waals surface area contributed by atoms with Gasteiger partial charge in [0, 0.05) is 13.1 Å². The molecule has 2 N–H and O–H groups in total. The number of rotatable bonds is 5. The zero-order chi connectivity index (χ0) is 14.7. The summed E-state index contributed by atoms with van der Waals surface area (Å²) in [6, 6.07) is 6.51. The van der Waals surface area contributed by atoms with E-state index in [0.717, 1.165) is 18.8 Å². The van der Waals surface area contributed by atoms with E-state index in [9.17, 15) is 0 Å². The van der Waals surface area contributed by atoms with E-state index >= 15 is 0 Å². The molecule has 0 radical (unpaired) electrons. The van der Waals surface area contributed by atoms with E-state index in [2.05, 4.69) is 40.6 Å². The number of hydrogen-bond acceptors (Lipinski definition) is 3. The third-order valence-corrected chi connectivity index (χ3v) is 4.41. The molecule has 0 amide bonds. The molecule has 0 saturated carbocycles. The Morgan fingerprint density at radius 3 is 3.10 bits per heavy atom. The normalized spacial score (nSPS) is 17.5. The molecule has 0 fully saturated rings. The number of aryl methyl sites for hydroxylation is 2. The second-order valence-electron chi connectivity index (χ2n) is 5.82. The van der Waals surface area contributed by atoms with Crippen LogP contribution >= 0.6 is 0 Å². The van der Waals surface area contributed by atoms with Gasteiger partial charge in [-0.3, -0.25) is 5.10 Å². The van der Waals surface area contributed by atoms with E-state index in [1.54, 1.807) is 7.11 Å². The summed E-state index contributed by atoms with van der Waals surface area (Å²) in [6.07, 6.45) is 5.56. The van der Waals surface area contributed by atoms with Crippen molar-refractivity contribution >= 4 is 0 Å². The zero-order valence-corrected chi connectivity index (χ0v) is 12.8. The molecule has 0 bridgehead atoms. The van der Waals surface area contributed by atoms with Gasteiger partial charge in [-0.25, -0.2) is 0 Å². The smallest absolute Gasteiger partial charge is 0.119 e. The maximum absolute atomic E-state index is 5.33. The van der Waals surface area contributed by atoms with E-state index in [1.807, 2.05) is 6.20 Å². The predicted octanol–water partition coefficient (Wildman–Crippen LogP) is 2.94. The Kier molecular flexibility index (Phi) is 4.25. The van der Waals surface area contributed by atoms with Crippen molar-refractivity contribution in [1.82, 2.24) is 15.5 Å². The molecular formula is C17H23N3O. The van der Waals surface area contributed by atoms with Gasteiger partial charge in [0.2, 0.25) is 0 Å². The maximum Gasteiger partial charge on any atom is 0.119 e. The van der Waals surface area contributed by atoms with Gasteiger partial charge in [0.1, 0.15) is 5.75 Å². The van der Waals surface area contributed by atoms with Gasteiger partial charge in [-0.1, -0.05) is 6.07 Å². The van der Waals surface area contributed by atoms with Gasteiger partial charge in [-0.2, -0.15) is 5.10 Å². The fourth-order valence-electron chi connectivity index (χ4n) is 3.15.